The van der Waals surface area contributed by atoms with E-state index in [0.29, 0.717) is 6.04 Å². The van der Waals surface area contributed by atoms with Crippen molar-refractivity contribution in [3.63, 3.8) is 0 Å². The number of benzene rings is 2. The molecule has 2 nitrogen and oxygen atoms in total. The molecule has 1 aliphatic rings. The highest BCUT2D eigenvalue weighted by molar-refractivity contribution is 9.10. The minimum atomic E-state index is 0.325. The summed E-state index contributed by atoms with van der Waals surface area (Å²) in [5.41, 5.74) is 2.48. The van der Waals surface area contributed by atoms with E-state index in [4.69, 9.17) is 16.3 Å². The molecule has 0 amide bonds. The van der Waals surface area contributed by atoms with Crippen molar-refractivity contribution in [1.82, 2.24) is 5.32 Å². The maximum Gasteiger partial charge on any atom is 0.125 e. The third kappa shape index (κ3) is 3.79. The maximum absolute atomic E-state index is 5.92. The fourth-order valence-electron chi connectivity index (χ4n) is 2.60. The second-order valence-electron chi connectivity index (χ2n) is 5.23. The van der Waals surface area contributed by atoms with E-state index in [1.165, 1.54) is 11.1 Å². The summed E-state index contributed by atoms with van der Waals surface area (Å²) in [6.45, 7) is 1.61. The highest BCUT2D eigenvalue weighted by Crippen LogP contribution is 2.33. The van der Waals surface area contributed by atoms with Crippen molar-refractivity contribution in [2.75, 3.05) is 6.61 Å². The van der Waals surface area contributed by atoms with E-state index in [1.54, 1.807) is 0 Å². The molecule has 2 aromatic carbocycles. The Morgan fingerprint density at radius 3 is 2.81 bits per heavy atom. The molecule has 3 rings (SSSR count). The molecule has 0 saturated heterocycles. The summed E-state index contributed by atoms with van der Waals surface area (Å²) in [4.78, 5) is 0. The molecule has 0 saturated carbocycles. The highest BCUT2D eigenvalue weighted by Gasteiger charge is 2.19. The van der Waals surface area contributed by atoms with Gasteiger partial charge in [-0.15, -0.1) is 0 Å². The Hall–Kier alpha value is -1.03. The lowest BCUT2D eigenvalue weighted by molar-refractivity contribution is 0.315. The number of rotatable bonds is 3. The summed E-state index contributed by atoms with van der Waals surface area (Å²) in [5, 5.41) is 4.41. The summed E-state index contributed by atoms with van der Waals surface area (Å²) in [6.07, 6.45) is 2.15. The SMILES string of the molecule is Clc1ccc(CNC2CCCOc3cc(Br)ccc32)cc1. The fourth-order valence-corrected chi connectivity index (χ4v) is 3.07. The van der Waals surface area contributed by atoms with Gasteiger partial charge < -0.3 is 10.1 Å². The zero-order chi connectivity index (χ0) is 14.7. The second kappa shape index (κ2) is 6.82. The lowest BCUT2D eigenvalue weighted by Crippen LogP contribution is -2.20. The van der Waals surface area contributed by atoms with Crippen molar-refractivity contribution >= 4 is 27.5 Å². The smallest absolute Gasteiger partial charge is 0.125 e. The number of ether oxygens (including phenoxy) is 1. The minimum Gasteiger partial charge on any atom is -0.493 e. The number of nitrogens with one attached hydrogen (secondary N) is 1. The van der Waals surface area contributed by atoms with Crippen LogP contribution in [0.2, 0.25) is 5.02 Å². The van der Waals surface area contributed by atoms with E-state index in [1.807, 2.05) is 12.1 Å². The maximum atomic E-state index is 5.92. The van der Waals surface area contributed by atoms with Crippen molar-refractivity contribution in [3.05, 3.63) is 63.1 Å². The first-order chi connectivity index (χ1) is 10.2. The summed E-state index contributed by atoms with van der Waals surface area (Å²) in [6, 6.07) is 14.6. The Bertz CT molecular complexity index is 615. The molecular formula is C17H17BrClNO. The van der Waals surface area contributed by atoms with Gasteiger partial charge in [0.15, 0.2) is 0 Å². The number of halogens is 2. The van der Waals surface area contributed by atoms with Crippen LogP contribution >= 0.6 is 27.5 Å². The van der Waals surface area contributed by atoms with Crippen LogP contribution in [0, 0.1) is 0 Å². The van der Waals surface area contributed by atoms with Gasteiger partial charge in [0.25, 0.3) is 0 Å². The zero-order valence-corrected chi connectivity index (χ0v) is 14.0. The Kier molecular flexibility index (Phi) is 4.84. The Morgan fingerprint density at radius 1 is 1.19 bits per heavy atom. The molecule has 4 heteroatoms. The van der Waals surface area contributed by atoms with Crippen molar-refractivity contribution in [3.8, 4) is 5.75 Å². The standard InChI is InChI=1S/C17H17BrClNO/c18-13-5-8-15-16(2-1-9-21-17(15)10-13)20-11-12-3-6-14(19)7-4-12/h3-8,10,16,20H,1-2,9,11H2. The van der Waals surface area contributed by atoms with Gasteiger partial charge in [0.2, 0.25) is 0 Å². The quantitative estimate of drug-likeness (QED) is 0.815. The van der Waals surface area contributed by atoms with E-state index in [2.05, 4.69) is 51.6 Å². The van der Waals surface area contributed by atoms with Crippen LogP contribution in [0.1, 0.15) is 30.0 Å². The van der Waals surface area contributed by atoms with Crippen LogP contribution in [0.15, 0.2) is 46.9 Å². The van der Waals surface area contributed by atoms with Gasteiger partial charge in [-0.25, -0.2) is 0 Å². The average Bonchev–Trinajstić information content (AvgIpc) is 2.68. The monoisotopic (exact) mass is 365 g/mol. The van der Waals surface area contributed by atoms with Crippen LogP contribution in [0.3, 0.4) is 0 Å². The molecule has 1 atom stereocenters. The Morgan fingerprint density at radius 2 is 2.00 bits per heavy atom. The van der Waals surface area contributed by atoms with E-state index in [9.17, 15) is 0 Å². The summed E-state index contributed by atoms with van der Waals surface area (Å²) >= 11 is 9.43. The van der Waals surface area contributed by atoms with Crippen molar-refractivity contribution < 1.29 is 4.74 Å². The van der Waals surface area contributed by atoms with Gasteiger partial charge in [-0.1, -0.05) is 45.7 Å². The van der Waals surface area contributed by atoms with E-state index < -0.39 is 0 Å². The van der Waals surface area contributed by atoms with Crippen LogP contribution in [-0.4, -0.2) is 6.61 Å². The summed E-state index contributed by atoms with van der Waals surface area (Å²) in [5.74, 6) is 0.982. The summed E-state index contributed by atoms with van der Waals surface area (Å²) in [7, 11) is 0. The van der Waals surface area contributed by atoms with Gasteiger partial charge >= 0.3 is 0 Å². The van der Waals surface area contributed by atoms with Gasteiger partial charge in [0.05, 0.1) is 6.61 Å². The average molecular weight is 367 g/mol. The van der Waals surface area contributed by atoms with Gasteiger partial charge in [-0.3, -0.25) is 0 Å². The minimum absolute atomic E-state index is 0.325. The molecule has 21 heavy (non-hydrogen) atoms. The molecule has 2 aromatic rings. The molecule has 0 fully saturated rings. The van der Waals surface area contributed by atoms with Crippen LogP contribution in [0.25, 0.3) is 0 Å². The molecule has 0 bridgehead atoms. The lowest BCUT2D eigenvalue weighted by Gasteiger charge is -2.18. The van der Waals surface area contributed by atoms with Gasteiger partial charge in [-0.2, -0.15) is 0 Å². The highest BCUT2D eigenvalue weighted by atomic mass is 79.9. The summed E-state index contributed by atoms with van der Waals surface area (Å²) < 4.78 is 6.90. The Labute approximate surface area is 138 Å². The molecular weight excluding hydrogens is 350 g/mol. The first-order valence-corrected chi connectivity index (χ1v) is 8.29. The molecule has 110 valence electrons. The normalized spacial score (nSPS) is 17.7. The second-order valence-corrected chi connectivity index (χ2v) is 6.58. The van der Waals surface area contributed by atoms with E-state index >= 15 is 0 Å². The van der Waals surface area contributed by atoms with Gasteiger partial charge in [-0.05, 0) is 42.7 Å². The lowest BCUT2D eigenvalue weighted by atomic mass is 10.0. The predicted molar refractivity (Wildman–Crippen MR) is 89.9 cm³/mol. The molecule has 1 heterocycles. The number of hydrogen-bond acceptors (Lipinski definition) is 2. The largest absolute Gasteiger partial charge is 0.493 e. The Balaban J connectivity index is 1.74. The molecule has 0 radical (unpaired) electrons. The fraction of sp³-hybridized carbons (Fsp3) is 0.294. The van der Waals surface area contributed by atoms with E-state index in [-0.39, 0.29) is 0 Å². The first kappa shape index (κ1) is 14.9. The zero-order valence-electron chi connectivity index (χ0n) is 11.6. The molecule has 1 N–H and O–H groups in total. The molecule has 1 unspecified atom stereocenters. The first-order valence-electron chi connectivity index (χ1n) is 7.12. The third-order valence-electron chi connectivity index (χ3n) is 3.71. The molecule has 0 spiro atoms. The van der Waals surface area contributed by atoms with Crippen LogP contribution < -0.4 is 10.1 Å². The van der Waals surface area contributed by atoms with Gasteiger partial charge in [0, 0.05) is 27.6 Å². The van der Waals surface area contributed by atoms with Crippen LogP contribution in [0.5, 0.6) is 5.75 Å². The van der Waals surface area contributed by atoms with E-state index in [0.717, 1.165) is 41.2 Å². The van der Waals surface area contributed by atoms with Crippen LogP contribution in [-0.2, 0) is 6.54 Å². The van der Waals surface area contributed by atoms with Crippen molar-refractivity contribution in [2.45, 2.75) is 25.4 Å². The van der Waals surface area contributed by atoms with Crippen molar-refractivity contribution in [1.29, 1.82) is 0 Å². The topological polar surface area (TPSA) is 21.3 Å². The number of fused-ring (bicyclic) bond motifs is 1. The molecule has 0 aromatic heterocycles. The third-order valence-corrected chi connectivity index (χ3v) is 4.46. The van der Waals surface area contributed by atoms with Gasteiger partial charge in [0.1, 0.15) is 5.75 Å². The molecule has 1 aliphatic heterocycles. The van der Waals surface area contributed by atoms with Crippen molar-refractivity contribution in [2.24, 2.45) is 0 Å². The molecule has 0 aliphatic carbocycles. The number of hydrogen-bond donors (Lipinski definition) is 1. The van der Waals surface area contributed by atoms with Crippen LogP contribution in [0.4, 0.5) is 0 Å². The predicted octanol–water partition coefficient (Wildman–Crippen LogP) is 5.11.